The standard InChI is InChI=1S/C27H23ClN6O3S/c28-24-7-5-22-17-26(8-6-21(22)15-24)38(36,37)34-13-11-33(12-14-34)27(35)20-3-1-19(2-4-20)23-9-10-30-25(16-23)18-31-32-29/h1-10,15-17H,11-14,18H2. The second-order valence-electron chi connectivity index (χ2n) is 8.85. The molecule has 3 aromatic carbocycles. The van der Waals surface area contributed by atoms with Gasteiger partial charge in [-0.3, -0.25) is 9.78 Å². The molecule has 4 aromatic rings. The van der Waals surface area contributed by atoms with Crippen molar-refractivity contribution in [2.45, 2.75) is 11.4 Å². The summed E-state index contributed by atoms with van der Waals surface area (Å²) < 4.78 is 28.0. The van der Waals surface area contributed by atoms with E-state index in [1.165, 1.54) is 4.31 Å². The molecule has 1 aliphatic heterocycles. The number of hydrogen-bond donors (Lipinski definition) is 0. The molecule has 0 radical (unpaired) electrons. The van der Waals surface area contributed by atoms with Crippen molar-refractivity contribution in [2.24, 2.45) is 5.11 Å². The van der Waals surface area contributed by atoms with E-state index < -0.39 is 10.0 Å². The van der Waals surface area contributed by atoms with Crippen molar-refractivity contribution in [1.82, 2.24) is 14.2 Å². The number of rotatable bonds is 6. The highest BCUT2D eigenvalue weighted by Gasteiger charge is 2.30. The maximum Gasteiger partial charge on any atom is 0.253 e. The summed E-state index contributed by atoms with van der Waals surface area (Å²) in [5, 5.41) is 5.80. The zero-order valence-corrected chi connectivity index (χ0v) is 21.8. The van der Waals surface area contributed by atoms with Gasteiger partial charge in [-0.05, 0) is 76.0 Å². The Balaban J connectivity index is 1.24. The van der Waals surface area contributed by atoms with Crippen LogP contribution in [0, 0.1) is 0 Å². The largest absolute Gasteiger partial charge is 0.336 e. The summed E-state index contributed by atoms with van der Waals surface area (Å²) in [7, 11) is -3.69. The van der Waals surface area contributed by atoms with Crippen LogP contribution in [0.15, 0.2) is 89.0 Å². The van der Waals surface area contributed by atoms with Gasteiger partial charge in [0.15, 0.2) is 0 Å². The van der Waals surface area contributed by atoms with Crippen LogP contribution in [0.1, 0.15) is 16.1 Å². The molecule has 1 aromatic heterocycles. The summed E-state index contributed by atoms with van der Waals surface area (Å²) >= 11 is 6.04. The van der Waals surface area contributed by atoms with Crippen LogP contribution in [-0.4, -0.2) is 54.7 Å². The van der Waals surface area contributed by atoms with E-state index in [1.54, 1.807) is 59.6 Å². The maximum absolute atomic E-state index is 13.3. The van der Waals surface area contributed by atoms with E-state index >= 15 is 0 Å². The quantitative estimate of drug-likeness (QED) is 0.180. The van der Waals surface area contributed by atoms with Crippen molar-refractivity contribution in [3.8, 4) is 11.1 Å². The molecule has 0 unspecified atom stereocenters. The lowest BCUT2D eigenvalue weighted by Gasteiger charge is -2.34. The van der Waals surface area contributed by atoms with E-state index in [4.69, 9.17) is 17.1 Å². The molecule has 38 heavy (non-hydrogen) atoms. The Labute approximate surface area is 225 Å². The number of carbonyl (C=O) groups is 1. The van der Waals surface area contributed by atoms with Crippen LogP contribution in [0.25, 0.3) is 32.3 Å². The van der Waals surface area contributed by atoms with E-state index in [0.717, 1.165) is 21.9 Å². The number of halogens is 1. The van der Waals surface area contributed by atoms with Crippen molar-refractivity contribution in [3.05, 3.63) is 106 Å². The van der Waals surface area contributed by atoms with Gasteiger partial charge in [0.2, 0.25) is 10.0 Å². The second kappa shape index (κ2) is 10.8. The van der Waals surface area contributed by atoms with Crippen LogP contribution in [0.4, 0.5) is 0 Å². The SMILES string of the molecule is [N-]=[N+]=NCc1cc(-c2ccc(C(=O)N3CCN(S(=O)(=O)c4ccc5cc(Cl)ccc5c4)CC3)cc2)ccn1. The number of benzene rings is 3. The molecule has 1 fully saturated rings. The summed E-state index contributed by atoms with van der Waals surface area (Å²) in [6, 6.07) is 21.3. The van der Waals surface area contributed by atoms with Crippen molar-refractivity contribution < 1.29 is 13.2 Å². The fraction of sp³-hybridized carbons (Fsp3) is 0.185. The number of hydrogen-bond acceptors (Lipinski definition) is 5. The van der Waals surface area contributed by atoms with E-state index in [1.807, 2.05) is 24.3 Å². The molecule has 2 heterocycles. The first-order chi connectivity index (χ1) is 18.3. The first-order valence-electron chi connectivity index (χ1n) is 11.9. The normalized spacial score (nSPS) is 14.3. The molecule has 0 aliphatic carbocycles. The molecule has 192 valence electrons. The van der Waals surface area contributed by atoms with Gasteiger partial charge < -0.3 is 4.90 Å². The van der Waals surface area contributed by atoms with Crippen LogP contribution in [0.3, 0.4) is 0 Å². The molecule has 9 nitrogen and oxygen atoms in total. The van der Waals surface area contributed by atoms with Crippen LogP contribution < -0.4 is 0 Å². The number of pyridine rings is 1. The van der Waals surface area contributed by atoms with Crippen LogP contribution in [0.2, 0.25) is 5.02 Å². The first kappa shape index (κ1) is 25.7. The Kier molecular flexibility index (Phi) is 7.31. The van der Waals surface area contributed by atoms with Crippen molar-refractivity contribution in [2.75, 3.05) is 26.2 Å². The van der Waals surface area contributed by atoms with Crippen LogP contribution >= 0.6 is 11.6 Å². The third kappa shape index (κ3) is 5.34. The number of sulfonamides is 1. The smallest absolute Gasteiger partial charge is 0.253 e. The third-order valence-corrected chi connectivity index (χ3v) is 8.64. The van der Waals surface area contributed by atoms with Crippen molar-refractivity contribution in [1.29, 1.82) is 0 Å². The summed E-state index contributed by atoms with van der Waals surface area (Å²) in [6.45, 7) is 1.20. The topological polar surface area (TPSA) is 119 Å². The Morgan fingerprint density at radius 1 is 0.921 bits per heavy atom. The molecule has 1 aliphatic rings. The number of piperazine rings is 1. The number of azide groups is 1. The van der Waals surface area contributed by atoms with E-state index in [2.05, 4.69) is 15.0 Å². The second-order valence-corrected chi connectivity index (χ2v) is 11.2. The lowest BCUT2D eigenvalue weighted by molar-refractivity contribution is 0.0698. The molecule has 0 saturated carbocycles. The fourth-order valence-electron chi connectivity index (χ4n) is 4.47. The molecule has 0 spiro atoms. The summed E-state index contributed by atoms with van der Waals surface area (Å²) in [4.78, 5) is 22.0. The van der Waals surface area contributed by atoms with Gasteiger partial charge in [-0.1, -0.05) is 41.0 Å². The minimum atomic E-state index is -3.69. The predicted molar refractivity (Wildman–Crippen MR) is 146 cm³/mol. The maximum atomic E-state index is 13.3. The fourth-order valence-corrected chi connectivity index (χ4v) is 6.11. The zero-order valence-electron chi connectivity index (χ0n) is 20.2. The molecule has 5 rings (SSSR count). The van der Waals surface area contributed by atoms with Gasteiger partial charge in [0, 0.05) is 53.6 Å². The van der Waals surface area contributed by atoms with Gasteiger partial charge in [0.05, 0.1) is 11.4 Å². The monoisotopic (exact) mass is 546 g/mol. The average Bonchev–Trinajstić information content (AvgIpc) is 2.95. The number of carbonyl (C=O) groups excluding carboxylic acids is 1. The van der Waals surface area contributed by atoms with Gasteiger partial charge in [0.1, 0.15) is 0 Å². The molecule has 1 saturated heterocycles. The average molecular weight is 547 g/mol. The zero-order chi connectivity index (χ0) is 26.7. The third-order valence-electron chi connectivity index (χ3n) is 6.52. The highest BCUT2D eigenvalue weighted by molar-refractivity contribution is 7.89. The Hall–Kier alpha value is -3.95. The molecule has 0 bridgehead atoms. The van der Waals surface area contributed by atoms with E-state index in [-0.39, 0.29) is 30.4 Å². The number of aromatic nitrogens is 1. The number of fused-ring (bicyclic) bond motifs is 1. The summed E-state index contributed by atoms with van der Waals surface area (Å²) in [5.41, 5.74) is 11.5. The Morgan fingerprint density at radius 3 is 2.37 bits per heavy atom. The van der Waals surface area contributed by atoms with Gasteiger partial charge in [-0.15, -0.1) is 0 Å². The summed E-state index contributed by atoms with van der Waals surface area (Å²) in [5.74, 6) is -0.144. The van der Waals surface area contributed by atoms with Crippen LogP contribution in [0.5, 0.6) is 0 Å². The van der Waals surface area contributed by atoms with Gasteiger partial charge in [-0.2, -0.15) is 4.31 Å². The highest BCUT2D eigenvalue weighted by atomic mass is 35.5. The van der Waals surface area contributed by atoms with Gasteiger partial charge in [0.25, 0.3) is 5.91 Å². The minimum absolute atomic E-state index is 0.144. The molecule has 0 N–H and O–H groups in total. The molecule has 1 amide bonds. The van der Waals surface area contributed by atoms with E-state index in [9.17, 15) is 13.2 Å². The predicted octanol–water partition coefficient (Wildman–Crippen LogP) is 5.51. The molecule has 11 heteroatoms. The van der Waals surface area contributed by atoms with E-state index in [0.29, 0.717) is 29.4 Å². The Morgan fingerprint density at radius 2 is 1.63 bits per heavy atom. The highest BCUT2D eigenvalue weighted by Crippen LogP contribution is 2.26. The minimum Gasteiger partial charge on any atom is -0.336 e. The summed E-state index contributed by atoms with van der Waals surface area (Å²) in [6.07, 6.45) is 1.65. The number of amides is 1. The van der Waals surface area contributed by atoms with Gasteiger partial charge in [-0.25, -0.2) is 8.42 Å². The number of nitrogens with zero attached hydrogens (tertiary/aromatic N) is 6. The molecular formula is C27H23ClN6O3S. The Bertz CT molecular complexity index is 1660. The lowest BCUT2D eigenvalue weighted by atomic mass is 10.0. The molecular weight excluding hydrogens is 524 g/mol. The first-order valence-corrected chi connectivity index (χ1v) is 13.7. The lowest BCUT2D eigenvalue weighted by Crippen LogP contribution is -2.50. The van der Waals surface area contributed by atoms with Crippen LogP contribution in [-0.2, 0) is 16.6 Å². The molecule has 0 atom stereocenters. The van der Waals surface area contributed by atoms with Crippen molar-refractivity contribution in [3.63, 3.8) is 0 Å². The van der Waals surface area contributed by atoms with Crippen molar-refractivity contribution >= 4 is 38.3 Å². The van der Waals surface area contributed by atoms with Gasteiger partial charge >= 0.3 is 0 Å².